The third kappa shape index (κ3) is 3.94. The second kappa shape index (κ2) is 7.05. The maximum Gasteiger partial charge on any atom is 0.253 e. The second-order valence-corrected chi connectivity index (χ2v) is 5.69. The van der Waals surface area contributed by atoms with E-state index in [1.807, 2.05) is 23.1 Å². The molecule has 3 rings (SSSR count). The number of likely N-dealkylation sites (tertiary alicyclic amines) is 1. The van der Waals surface area contributed by atoms with Crippen molar-refractivity contribution in [1.29, 1.82) is 0 Å². The zero-order valence-electron chi connectivity index (χ0n) is 12.8. The smallest absolute Gasteiger partial charge is 0.253 e. The lowest BCUT2D eigenvalue weighted by atomic mass is 10.1. The zero-order valence-corrected chi connectivity index (χ0v) is 12.8. The molecule has 118 valence electrons. The van der Waals surface area contributed by atoms with E-state index < -0.39 is 0 Å². The number of carbonyl (C=O) groups excluding carboxylic acids is 2. The number of hydrogen-bond acceptors (Lipinski definition) is 3. The average Bonchev–Trinajstić information content (AvgIpc) is 2.94. The standard InChI is InChI=1S/C18H19N3O2/c22-17-11-16(20-18(23)15-7-4-9-19-12-15)13-21(17)10-8-14-5-2-1-3-6-14/h1-7,9,12,16H,8,10-11,13H2,(H,20,23). The maximum atomic E-state index is 12.1. The van der Waals surface area contributed by atoms with Gasteiger partial charge in [-0.15, -0.1) is 0 Å². The van der Waals surface area contributed by atoms with Crippen LogP contribution in [-0.2, 0) is 11.2 Å². The first-order chi connectivity index (χ1) is 11.2. The highest BCUT2D eigenvalue weighted by Crippen LogP contribution is 2.13. The van der Waals surface area contributed by atoms with Crippen LogP contribution in [-0.4, -0.2) is 40.8 Å². The van der Waals surface area contributed by atoms with E-state index in [0.29, 0.717) is 25.1 Å². The van der Waals surface area contributed by atoms with E-state index in [4.69, 9.17) is 0 Å². The molecule has 1 saturated heterocycles. The molecule has 2 heterocycles. The SMILES string of the molecule is O=C(NC1CC(=O)N(CCc2ccccc2)C1)c1cccnc1. The van der Waals surface area contributed by atoms with Gasteiger partial charge >= 0.3 is 0 Å². The van der Waals surface area contributed by atoms with Crippen molar-refractivity contribution in [3.63, 3.8) is 0 Å². The van der Waals surface area contributed by atoms with Crippen LogP contribution in [0.5, 0.6) is 0 Å². The van der Waals surface area contributed by atoms with Crippen molar-refractivity contribution < 1.29 is 9.59 Å². The summed E-state index contributed by atoms with van der Waals surface area (Å²) in [6, 6.07) is 13.4. The fourth-order valence-electron chi connectivity index (χ4n) is 2.76. The Morgan fingerprint density at radius 3 is 2.78 bits per heavy atom. The molecular formula is C18H19N3O2. The van der Waals surface area contributed by atoms with Gasteiger partial charge in [-0.25, -0.2) is 0 Å². The van der Waals surface area contributed by atoms with E-state index >= 15 is 0 Å². The summed E-state index contributed by atoms with van der Waals surface area (Å²) in [7, 11) is 0. The summed E-state index contributed by atoms with van der Waals surface area (Å²) in [6.07, 6.45) is 4.34. The van der Waals surface area contributed by atoms with Crippen molar-refractivity contribution in [2.45, 2.75) is 18.9 Å². The molecule has 0 bridgehead atoms. The van der Waals surface area contributed by atoms with Gasteiger partial charge in [0.05, 0.1) is 11.6 Å². The van der Waals surface area contributed by atoms with E-state index in [9.17, 15) is 9.59 Å². The van der Waals surface area contributed by atoms with Crippen molar-refractivity contribution in [2.75, 3.05) is 13.1 Å². The van der Waals surface area contributed by atoms with E-state index in [1.165, 1.54) is 11.8 Å². The Morgan fingerprint density at radius 2 is 2.04 bits per heavy atom. The molecule has 2 amide bonds. The van der Waals surface area contributed by atoms with Crippen LogP contribution in [0.2, 0.25) is 0 Å². The Kier molecular flexibility index (Phi) is 4.66. The van der Waals surface area contributed by atoms with Crippen molar-refractivity contribution >= 4 is 11.8 Å². The predicted octanol–water partition coefficient (Wildman–Crippen LogP) is 1.65. The number of rotatable bonds is 5. The minimum atomic E-state index is -0.180. The summed E-state index contributed by atoms with van der Waals surface area (Å²) in [4.78, 5) is 30.0. The van der Waals surface area contributed by atoms with Crippen LogP contribution in [0, 0.1) is 0 Å². The molecule has 1 aliphatic rings. The number of nitrogens with zero attached hydrogens (tertiary/aromatic N) is 2. The summed E-state index contributed by atoms with van der Waals surface area (Å²) in [6.45, 7) is 1.25. The minimum Gasteiger partial charge on any atom is -0.347 e. The van der Waals surface area contributed by atoms with Gasteiger partial charge in [-0.3, -0.25) is 14.6 Å². The van der Waals surface area contributed by atoms with Crippen LogP contribution in [0.1, 0.15) is 22.3 Å². The van der Waals surface area contributed by atoms with Crippen molar-refractivity contribution in [2.24, 2.45) is 0 Å². The van der Waals surface area contributed by atoms with Gasteiger partial charge in [-0.05, 0) is 24.1 Å². The van der Waals surface area contributed by atoms with E-state index in [0.717, 1.165) is 6.42 Å². The predicted molar refractivity (Wildman–Crippen MR) is 86.8 cm³/mol. The van der Waals surface area contributed by atoms with Crippen molar-refractivity contribution in [3.8, 4) is 0 Å². The van der Waals surface area contributed by atoms with E-state index in [2.05, 4.69) is 22.4 Å². The molecule has 1 fully saturated rings. The van der Waals surface area contributed by atoms with Crippen LogP contribution < -0.4 is 5.32 Å². The summed E-state index contributed by atoms with van der Waals surface area (Å²) < 4.78 is 0. The molecule has 2 aromatic rings. The molecule has 23 heavy (non-hydrogen) atoms. The van der Waals surface area contributed by atoms with Gasteiger partial charge in [0.25, 0.3) is 5.91 Å². The van der Waals surface area contributed by atoms with Gasteiger partial charge in [0.15, 0.2) is 0 Å². The highest BCUT2D eigenvalue weighted by Gasteiger charge is 2.30. The fraction of sp³-hybridized carbons (Fsp3) is 0.278. The van der Waals surface area contributed by atoms with E-state index in [1.54, 1.807) is 18.3 Å². The first kappa shape index (κ1) is 15.2. The molecule has 1 N–H and O–H groups in total. The zero-order chi connectivity index (χ0) is 16.1. The van der Waals surface area contributed by atoms with Crippen molar-refractivity contribution in [3.05, 3.63) is 66.0 Å². The molecule has 1 aromatic carbocycles. The summed E-state index contributed by atoms with van der Waals surface area (Å²) in [5, 5.41) is 2.91. The van der Waals surface area contributed by atoms with Gasteiger partial charge < -0.3 is 10.2 Å². The molecule has 0 radical (unpaired) electrons. The quantitative estimate of drug-likeness (QED) is 0.913. The first-order valence-electron chi connectivity index (χ1n) is 7.75. The summed E-state index contributed by atoms with van der Waals surface area (Å²) in [5.74, 6) is -0.0850. The van der Waals surface area contributed by atoms with Crippen LogP contribution >= 0.6 is 0 Å². The van der Waals surface area contributed by atoms with Gasteiger partial charge in [0.1, 0.15) is 0 Å². The molecule has 1 aliphatic heterocycles. The Bertz CT molecular complexity index is 673. The lowest BCUT2D eigenvalue weighted by molar-refractivity contribution is -0.127. The number of pyridine rings is 1. The number of nitrogens with one attached hydrogen (secondary N) is 1. The minimum absolute atomic E-state index is 0.0948. The molecule has 1 unspecified atom stereocenters. The molecule has 0 spiro atoms. The summed E-state index contributed by atoms with van der Waals surface area (Å²) >= 11 is 0. The van der Waals surface area contributed by atoms with E-state index in [-0.39, 0.29) is 17.9 Å². The largest absolute Gasteiger partial charge is 0.347 e. The number of benzene rings is 1. The lowest BCUT2D eigenvalue weighted by Crippen LogP contribution is -2.37. The van der Waals surface area contributed by atoms with Crippen LogP contribution in [0.15, 0.2) is 54.9 Å². The molecule has 1 atom stereocenters. The van der Waals surface area contributed by atoms with Crippen molar-refractivity contribution in [1.82, 2.24) is 15.2 Å². The number of amides is 2. The second-order valence-electron chi connectivity index (χ2n) is 5.69. The Morgan fingerprint density at radius 1 is 1.22 bits per heavy atom. The van der Waals surface area contributed by atoms with Gasteiger partial charge in [0, 0.05) is 31.9 Å². The highest BCUT2D eigenvalue weighted by atomic mass is 16.2. The molecular weight excluding hydrogens is 290 g/mol. The van der Waals surface area contributed by atoms with Gasteiger partial charge in [0.2, 0.25) is 5.91 Å². The Hall–Kier alpha value is -2.69. The van der Waals surface area contributed by atoms with Gasteiger partial charge in [-0.2, -0.15) is 0 Å². The molecule has 1 aromatic heterocycles. The highest BCUT2D eigenvalue weighted by molar-refractivity contribution is 5.94. The molecule has 0 aliphatic carbocycles. The third-order valence-electron chi connectivity index (χ3n) is 3.99. The Labute approximate surface area is 135 Å². The molecule has 5 heteroatoms. The molecule has 0 saturated carbocycles. The number of carbonyl (C=O) groups is 2. The maximum absolute atomic E-state index is 12.1. The monoisotopic (exact) mass is 309 g/mol. The summed E-state index contributed by atoms with van der Waals surface area (Å²) in [5.41, 5.74) is 1.73. The average molecular weight is 309 g/mol. The van der Waals surface area contributed by atoms with Crippen LogP contribution in [0.4, 0.5) is 0 Å². The molecule has 5 nitrogen and oxygen atoms in total. The third-order valence-corrected chi connectivity index (χ3v) is 3.99. The lowest BCUT2D eigenvalue weighted by Gasteiger charge is -2.17. The fourth-order valence-corrected chi connectivity index (χ4v) is 2.76. The normalized spacial score (nSPS) is 17.3. The topological polar surface area (TPSA) is 62.3 Å². The first-order valence-corrected chi connectivity index (χ1v) is 7.75. The number of hydrogen-bond donors (Lipinski definition) is 1. The van der Waals surface area contributed by atoms with Gasteiger partial charge in [-0.1, -0.05) is 30.3 Å². The Balaban J connectivity index is 1.52. The van der Waals surface area contributed by atoms with Crippen LogP contribution in [0.3, 0.4) is 0 Å². The number of aromatic nitrogens is 1. The van der Waals surface area contributed by atoms with Crippen LogP contribution in [0.25, 0.3) is 0 Å².